The van der Waals surface area contributed by atoms with Crippen LogP contribution in [0.3, 0.4) is 0 Å². The van der Waals surface area contributed by atoms with Gasteiger partial charge in [0.05, 0.1) is 26.2 Å². The van der Waals surface area contributed by atoms with Gasteiger partial charge in [0, 0.05) is 26.7 Å². The predicted molar refractivity (Wildman–Crippen MR) is 106 cm³/mol. The van der Waals surface area contributed by atoms with Gasteiger partial charge in [-0.15, -0.1) is 0 Å². The minimum absolute atomic E-state index is 0.0124. The lowest BCUT2D eigenvalue weighted by molar-refractivity contribution is -0.114. The van der Waals surface area contributed by atoms with Crippen LogP contribution in [0, 0.1) is 0 Å². The Hall–Kier alpha value is -2.13. The van der Waals surface area contributed by atoms with Crippen molar-refractivity contribution < 1.29 is 18.0 Å². The van der Waals surface area contributed by atoms with Crippen LogP contribution in [-0.2, 0) is 14.8 Å². The van der Waals surface area contributed by atoms with Gasteiger partial charge in [-0.2, -0.15) is 0 Å². The van der Waals surface area contributed by atoms with E-state index in [-0.39, 0.29) is 32.1 Å². The number of hydrogen-bond donors (Lipinski definition) is 2. The molecular weight excluding hydrogens is 413 g/mol. The number of carbonyl (C=O) groups excluding carboxylic acids is 2. The van der Waals surface area contributed by atoms with Crippen molar-refractivity contribution in [1.29, 1.82) is 0 Å². The molecule has 0 heterocycles. The van der Waals surface area contributed by atoms with Gasteiger partial charge in [-0.25, -0.2) is 12.7 Å². The fourth-order valence-electron chi connectivity index (χ4n) is 2.14. The van der Waals surface area contributed by atoms with Crippen LogP contribution < -0.4 is 10.6 Å². The van der Waals surface area contributed by atoms with E-state index in [2.05, 4.69) is 10.6 Å². The van der Waals surface area contributed by atoms with E-state index in [1.54, 1.807) is 6.07 Å². The summed E-state index contributed by atoms with van der Waals surface area (Å²) in [7, 11) is -0.941. The van der Waals surface area contributed by atoms with E-state index in [0.717, 1.165) is 4.31 Å². The fourth-order valence-corrected chi connectivity index (χ4v) is 3.50. The molecule has 0 aromatic heterocycles. The average Bonchev–Trinajstić information content (AvgIpc) is 2.56. The molecule has 2 aromatic rings. The quantitative estimate of drug-likeness (QED) is 0.760. The highest BCUT2D eigenvalue weighted by Crippen LogP contribution is 2.28. The minimum atomic E-state index is -3.72. The Balaban J connectivity index is 2.32. The van der Waals surface area contributed by atoms with E-state index in [1.165, 1.54) is 51.4 Å². The number of nitrogens with zero attached hydrogens (tertiary/aromatic N) is 1. The first-order valence-corrected chi connectivity index (χ1v) is 9.82. The maximum Gasteiger partial charge on any atom is 0.257 e. The lowest BCUT2D eigenvalue weighted by Gasteiger charge is -2.14. The Bertz CT molecular complexity index is 1010. The van der Waals surface area contributed by atoms with Crippen LogP contribution in [0.2, 0.25) is 10.0 Å². The summed E-state index contributed by atoms with van der Waals surface area (Å²) in [5.41, 5.74) is 0.747. The highest BCUT2D eigenvalue weighted by molar-refractivity contribution is 7.89. The Kier molecular flexibility index (Phi) is 6.48. The maximum atomic E-state index is 12.6. The standard InChI is InChI=1S/C17H17Cl2N3O4S/c1-10(23)20-11-4-7-16(15(19)8-11)21-17(24)13-9-12(5-6-14(13)18)27(25,26)22(2)3/h4-9H,1-3H3,(H,20,23)(H,21,24). The summed E-state index contributed by atoms with van der Waals surface area (Å²) in [6.07, 6.45) is 0. The van der Waals surface area contributed by atoms with Crippen molar-refractivity contribution in [2.75, 3.05) is 24.7 Å². The first-order valence-electron chi connectivity index (χ1n) is 7.63. The number of carbonyl (C=O) groups is 2. The van der Waals surface area contributed by atoms with Gasteiger partial charge in [0.2, 0.25) is 15.9 Å². The number of anilines is 2. The number of amides is 2. The molecule has 0 radical (unpaired) electrons. The molecule has 2 amide bonds. The lowest BCUT2D eigenvalue weighted by atomic mass is 10.2. The number of nitrogens with one attached hydrogen (secondary N) is 2. The molecule has 0 spiro atoms. The van der Waals surface area contributed by atoms with Crippen molar-refractivity contribution >= 4 is 56.4 Å². The predicted octanol–water partition coefficient (Wildman–Crippen LogP) is 3.45. The molecule has 0 aliphatic rings. The second-order valence-electron chi connectivity index (χ2n) is 5.76. The summed E-state index contributed by atoms with van der Waals surface area (Å²) in [5, 5.41) is 5.44. The number of halogens is 2. The van der Waals surface area contributed by atoms with Crippen LogP contribution in [0.4, 0.5) is 11.4 Å². The maximum absolute atomic E-state index is 12.6. The third-order valence-corrected chi connectivity index (χ3v) is 5.95. The largest absolute Gasteiger partial charge is 0.326 e. The molecule has 2 N–H and O–H groups in total. The number of hydrogen-bond acceptors (Lipinski definition) is 4. The molecule has 0 aliphatic carbocycles. The fraction of sp³-hybridized carbons (Fsp3) is 0.176. The topological polar surface area (TPSA) is 95.6 Å². The van der Waals surface area contributed by atoms with E-state index in [9.17, 15) is 18.0 Å². The third kappa shape index (κ3) is 4.98. The molecule has 0 unspecified atom stereocenters. The molecule has 2 rings (SSSR count). The summed E-state index contributed by atoms with van der Waals surface area (Å²) in [6.45, 7) is 1.36. The molecule has 7 nitrogen and oxygen atoms in total. The smallest absolute Gasteiger partial charge is 0.257 e. The Morgan fingerprint density at radius 1 is 0.963 bits per heavy atom. The molecule has 0 bridgehead atoms. The monoisotopic (exact) mass is 429 g/mol. The van der Waals surface area contributed by atoms with Crippen LogP contribution >= 0.6 is 23.2 Å². The van der Waals surface area contributed by atoms with Gasteiger partial charge in [0.25, 0.3) is 5.91 Å². The molecular formula is C17H17Cl2N3O4S. The molecule has 0 saturated heterocycles. The lowest BCUT2D eigenvalue weighted by Crippen LogP contribution is -2.23. The van der Waals surface area contributed by atoms with Gasteiger partial charge in [-0.05, 0) is 36.4 Å². The van der Waals surface area contributed by atoms with Gasteiger partial charge in [0.1, 0.15) is 0 Å². The molecule has 10 heteroatoms. The second kappa shape index (κ2) is 8.26. The molecule has 0 fully saturated rings. The SMILES string of the molecule is CC(=O)Nc1ccc(NC(=O)c2cc(S(=O)(=O)N(C)C)ccc2Cl)c(Cl)c1. The van der Waals surface area contributed by atoms with Gasteiger partial charge in [-0.1, -0.05) is 23.2 Å². The van der Waals surface area contributed by atoms with E-state index < -0.39 is 15.9 Å². The molecule has 0 atom stereocenters. The van der Waals surface area contributed by atoms with E-state index in [0.29, 0.717) is 5.69 Å². The number of benzene rings is 2. The van der Waals surface area contributed by atoms with Crippen molar-refractivity contribution in [3.05, 3.63) is 52.0 Å². The van der Waals surface area contributed by atoms with Gasteiger partial charge < -0.3 is 10.6 Å². The number of rotatable bonds is 5. The molecule has 27 heavy (non-hydrogen) atoms. The van der Waals surface area contributed by atoms with Crippen molar-refractivity contribution in [2.24, 2.45) is 0 Å². The van der Waals surface area contributed by atoms with E-state index in [1.807, 2.05) is 0 Å². The van der Waals surface area contributed by atoms with Gasteiger partial charge in [0.15, 0.2) is 0 Å². The normalized spacial score (nSPS) is 11.3. The van der Waals surface area contributed by atoms with Crippen molar-refractivity contribution in [3.8, 4) is 0 Å². The zero-order chi connectivity index (χ0) is 20.4. The molecule has 2 aromatic carbocycles. The summed E-state index contributed by atoms with van der Waals surface area (Å²) in [4.78, 5) is 23.6. The van der Waals surface area contributed by atoms with Crippen LogP contribution in [0.25, 0.3) is 0 Å². The van der Waals surface area contributed by atoms with Crippen molar-refractivity contribution in [1.82, 2.24) is 4.31 Å². The first kappa shape index (κ1) is 21.2. The summed E-state index contributed by atoms with van der Waals surface area (Å²) in [5.74, 6) is -0.876. The number of sulfonamides is 1. The Morgan fingerprint density at radius 2 is 1.63 bits per heavy atom. The Morgan fingerprint density at radius 3 is 2.19 bits per heavy atom. The van der Waals surface area contributed by atoms with Crippen LogP contribution in [0.5, 0.6) is 0 Å². The Labute approximate surface area is 167 Å². The summed E-state index contributed by atoms with van der Waals surface area (Å²) >= 11 is 12.2. The van der Waals surface area contributed by atoms with Crippen LogP contribution in [0.15, 0.2) is 41.3 Å². The third-order valence-electron chi connectivity index (χ3n) is 3.50. The summed E-state index contributed by atoms with van der Waals surface area (Å²) < 4.78 is 25.5. The zero-order valence-electron chi connectivity index (χ0n) is 14.7. The average molecular weight is 430 g/mol. The minimum Gasteiger partial charge on any atom is -0.326 e. The highest BCUT2D eigenvalue weighted by Gasteiger charge is 2.21. The highest BCUT2D eigenvalue weighted by atomic mass is 35.5. The molecule has 0 saturated carbocycles. The summed E-state index contributed by atoms with van der Waals surface area (Å²) in [6, 6.07) is 8.43. The van der Waals surface area contributed by atoms with Crippen LogP contribution in [-0.4, -0.2) is 38.6 Å². The van der Waals surface area contributed by atoms with E-state index in [4.69, 9.17) is 23.2 Å². The first-order chi connectivity index (χ1) is 12.5. The molecule has 144 valence electrons. The van der Waals surface area contributed by atoms with E-state index >= 15 is 0 Å². The second-order valence-corrected chi connectivity index (χ2v) is 8.73. The zero-order valence-corrected chi connectivity index (χ0v) is 17.0. The van der Waals surface area contributed by atoms with Crippen molar-refractivity contribution in [3.63, 3.8) is 0 Å². The van der Waals surface area contributed by atoms with Crippen molar-refractivity contribution in [2.45, 2.75) is 11.8 Å². The van der Waals surface area contributed by atoms with Gasteiger partial charge in [-0.3, -0.25) is 9.59 Å². The molecule has 0 aliphatic heterocycles. The van der Waals surface area contributed by atoms with Gasteiger partial charge >= 0.3 is 0 Å². The van der Waals surface area contributed by atoms with Crippen LogP contribution in [0.1, 0.15) is 17.3 Å².